The van der Waals surface area contributed by atoms with Crippen LogP contribution in [0.1, 0.15) is 25.0 Å². The maximum Gasteiger partial charge on any atom is 0.239 e. The molecule has 1 aromatic carbocycles. The zero-order valence-corrected chi connectivity index (χ0v) is 11.1. The van der Waals surface area contributed by atoms with Gasteiger partial charge in [-0.15, -0.1) is 0 Å². The number of likely N-dealkylation sites (N-methyl/N-ethyl adjacent to an activating group) is 1. The topological polar surface area (TPSA) is 46.3 Å². The van der Waals surface area contributed by atoms with Crippen molar-refractivity contribution < 1.29 is 4.79 Å². The molecule has 0 radical (unpaired) electrons. The van der Waals surface area contributed by atoms with Crippen LogP contribution in [0.2, 0.25) is 0 Å². The lowest BCUT2D eigenvalue weighted by Crippen LogP contribution is -2.44. The number of carbonyl (C=O) groups is 1. The van der Waals surface area contributed by atoms with E-state index in [0.29, 0.717) is 0 Å². The maximum atomic E-state index is 11.7. The minimum absolute atomic E-state index is 0.00962. The van der Waals surface area contributed by atoms with Crippen molar-refractivity contribution in [2.24, 2.45) is 5.73 Å². The fourth-order valence-corrected chi connectivity index (χ4v) is 1.74. The van der Waals surface area contributed by atoms with Crippen molar-refractivity contribution in [2.45, 2.75) is 39.3 Å². The Labute approximate surface area is 104 Å². The smallest absolute Gasteiger partial charge is 0.239 e. The number of carbonyl (C=O) groups excluding carboxylic acids is 1. The van der Waals surface area contributed by atoms with Gasteiger partial charge in [0.25, 0.3) is 0 Å². The van der Waals surface area contributed by atoms with Crippen molar-refractivity contribution in [1.82, 2.24) is 4.90 Å². The zero-order valence-electron chi connectivity index (χ0n) is 11.1. The summed E-state index contributed by atoms with van der Waals surface area (Å²) in [5.41, 5.74) is 8.09. The highest BCUT2D eigenvalue weighted by Crippen LogP contribution is 2.09. The van der Waals surface area contributed by atoms with Gasteiger partial charge in [0.1, 0.15) is 0 Å². The summed E-state index contributed by atoms with van der Waals surface area (Å²) in [5, 5.41) is 0. The lowest BCUT2D eigenvalue weighted by Gasteiger charge is -2.26. The van der Waals surface area contributed by atoms with Crippen LogP contribution in [0.5, 0.6) is 0 Å². The van der Waals surface area contributed by atoms with Crippen molar-refractivity contribution in [1.29, 1.82) is 0 Å². The van der Waals surface area contributed by atoms with E-state index in [0.717, 1.165) is 6.42 Å². The minimum Gasteiger partial charge on any atom is -0.341 e. The predicted octanol–water partition coefficient (Wildman–Crippen LogP) is 1.73. The Morgan fingerprint density at radius 2 is 1.82 bits per heavy atom. The standard InChI is InChI=1S/C14H22N2O/c1-10-5-7-13(8-6-10)9-11(2)16(4)14(17)12(3)15/h5-8,11-12H,9,15H2,1-4H3/t11?,12-/m0/s1. The number of hydrogen-bond acceptors (Lipinski definition) is 2. The number of rotatable bonds is 4. The molecular formula is C14H22N2O. The molecule has 3 heteroatoms. The second-order valence-electron chi connectivity index (χ2n) is 4.78. The van der Waals surface area contributed by atoms with E-state index in [1.54, 1.807) is 11.8 Å². The van der Waals surface area contributed by atoms with Crippen LogP contribution in [0, 0.1) is 6.92 Å². The first-order valence-electron chi connectivity index (χ1n) is 5.99. The zero-order chi connectivity index (χ0) is 13.0. The van der Waals surface area contributed by atoms with Crippen LogP contribution in [0.3, 0.4) is 0 Å². The average Bonchev–Trinajstić information content (AvgIpc) is 2.30. The minimum atomic E-state index is -0.430. The van der Waals surface area contributed by atoms with Gasteiger partial charge in [-0.1, -0.05) is 29.8 Å². The molecule has 0 heterocycles. The molecule has 1 unspecified atom stereocenters. The van der Waals surface area contributed by atoms with Crippen molar-refractivity contribution >= 4 is 5.91 Å². The van der Waals surface area contributed by atoms with Crippen molar-refractivity contribution in [3.8, 4) is 0 Å². The van der Waals surface area contributed by atoms with Gasteiger partial charge >= 0.3 is 0 Å². The summed E-state index contributed by atoms with van der Waals surface area (Å²) in [6.45, 7) is 5.83. The second-order valence-corrected chi connectivity index (χ2v) is 4.78. The molecule has 3 nitrogen and oxygen atoms in total. The number of amides is 1. The fraction of sp³-hybridized carbons (Fsp3) is 0.500. The number of benzene rings is 1. The molecule has 1 rings (SSSR count). The molecule has 2 atom stereocenters. The summed E-state index contributed by atoms with van der Waals surface area (Å²) in [7, 11) is 1.81. The van der Waals surface area contributed by atoms with E-state index < -0.39 is 6.04 Å². The molecule has 0 aliphatic heterocycles. The molecule has 0 aromatic heterocycles. The summed E-state index contributed by atoms with van der Waals surface area (Å²) in [6, 6.07) is 8.13. The molecule has 1 aromatic rings. The van der Waals surface area contributed by atoms with Gasteiger partial charge in [-0.25, -0.2) is 0 Å². The molecule has 0 saturated carbocycles. The molecule has 0 aliphatic rings. The van der Waals surface area contributed by atoms with Crippen LogP contribution >= 0.6 is 0 Å². The van der Waals surface area contributed by atoms with Gasteiger partial charge in [-0.3, -0.25) is 4.79 Å². The predicted molar refractivity (Wildman–Crippen MR) is 70.8 cm³/mol. The Morgan fingerprint density at radius 1 is 1.29 bits per heavy atom. The highest BCUT2D eigenvalue weighted by atomic mass is 16.2. The van der Waals surface area contributed by atoms with Crippen LogP contribution in [0.4, 0.5) is 0 Å². The lowest BCUT2D eigenvalue weighted by atomic mass is 10.0. The van der Waals surface area contributed by atoms with E-state index in [1.807, 2.05) is 14.0 Å². The fourth-order valence-electron chi connectivity index (χ4n) is 1.74. The van der Waals surface area contributed by atoms with E-state index in [4.69, 9.17) is 5.73 Å². The maximum absolute atomic E-state index is 11.7. The summed E-state index contributed by atoms with van der Waals surface area (Å²) < 4.78 is 0. The van der Waals surface area contributed by atoms with Crippen LogP contribution in [-0.2, 0) is 11.2 Å². The summed E-state index contributed by atoms with van der Waals surface area (Å²) in [4.78, 5) is 13.5. The van der Waals surface area contributed by atoms with Gasteiger partial charge in [0.15, 0.2) is 0 Å². The van der Waals surface area contributed by atoms with E-state index in [9.17, 15) is 4.79 Å². The van der Waals surface area contributed by atoms with E-state index >= 15 is 0 Å². The number of hydrogen-bond donors (Lipinski definition) is 1. The van der Waals surface area contributed by atoms with Crippen LogP contribution in [0.25, 0.3) is 0 Å². The molecule has 0 fully saturated rings. The molecule has 0 saturated heterocycles. The van der Waals surface area contributed by atoms with Crippen molar-refractivity contribution in [2.75, 3.05) is 7.05 Å². The number of nitrogens with zero attached hydrogens (tertiary/aromatic N) is 1. The Kier molecular flexibility index (Phi) is 4.70. The third-order valence-electron chi connectivity index (χ3n) is 3.05. The van der Waals surface area contributed by atoms with Gasteiger partial charge < -0.3 is 10.6 Å². The molecule has 2 N–H and O–H groups in total. The lowest BCUT2D eigenvalue weighted by molar-refractivity contribution is -0.132. The van der Waals surface area contributed by atoms with Crippen LogP contribution in [-0.4, -0.2) is 29.9 Å². The molecule has 1 amide bonds. The SMILES string of the molecule is Cc1ccc(CC(C)N(C)C(=O)[C@H](C)N)cc1. The molecule has 0 spiro atoms. The van der Waals surface area contributed by atoms with Gasteiger partial charge in [0.2, 0.25) is 5.91 Å². The molecule has 0 bridgehead atoms. The van der Waals surface area contributed by atoms with Crippen molar-refractivity contribution in [3.05, 3.63) is 35.4 Å². The second kappa shape index (κ2) is 5.82. The average molecular weight is 234 g/mol. The Balaban J connectivity index is 2.62. The van der Waals surface area contributed by atoms with Gasteiger partial charge in [-0.05, 0) is 32.8 Å². The van der Waals surface area contributed by atoms with Crippen molar-refractivity contribution in [3.63, 3.8) is 0 Å². The van der Waals surface area contributed by atoms with Crippen LogP contribution in [0.15, 0.2) is 24.3 Å². The monoisotopic (exact) mass is 234 g/mol. The highest BCUT2D eigenvalue weighted by molar-refractivity contribution is 5.81. The first kappa shape index (κ1) is 13.7. The summed E-state index contributed by atoms with van der Waals surface area (Å²) in [6.07, 6.45) is 0.856. The van der Waals surface area contributed by atoms with E-state index in [-0.39, 0.29) is 11.9 Å². The largest absolute Gasteiger partial charge is 0.341 e. The van der Waals surface area contributed by atoms with E-state index in [2.05, 4.69) is 31.2 Å². The molecular weight excluding hydrogens is 212 g/mol. The molecule has 0 aliphatic carbocycles. The number of nitrogens with two attached hydrogens (primary N) is 1. The third-order valence-corrected chi connectivity index (χ3v) is 3.05. The van der Waals surface area contributed by atoms with E-state index in [1.165, 1.54) is 11.1 Å². The quantitative estimate of drug-likeness (QED) is 0.862. The first-order valence-corrected chi connectivity index (χ1v) is 5.99. The Morgan fingerprint density at radius 3 is 2.29 bits per heavy atom. The summed E-state index contributed by atoms with van der Waals surface area (Å²) >= 11 is 0. The molecule has 94 valence electrons. The Bertz CT molecular complexity index is 370. The van der Waals surface area contributed by atoms with Crippen LogP contribution < -0.4 is 5.73 Å². The van der Waals surface area contributed by atoms with Gasteiger partial charge in [0, 0.05) is 13.1 Å². The highest BCUT2D eigenvalue weighted by Gasteiger charge is 2.18. The number of aryl methyl sites for hydroxylation is 1. The first-order chi connectivity index (χ1) is 7.91. The normalized spacial score (nSPS) is 14.2. The summed E-state index contributed by atoms with van der Waals surface area (Å²) in [5.74, 6) is -0.00962. The molecule has 17 heavy (non-hydrogen) atoms. The van der Waals surface area contributed by atoms with Gasteiger partial charge in [0.05, 0.1) is 6.04 Å². The van der Waals surface area contributed by atoms with Gasteiger partial charge in [-0.2, -0.15) is 0 Å². The Hall–Kier alpha value is -1.35. The third kappa shape index (κ3) is 3.86.